The highest BCUT2D eigenvalue weighted by molar-refractivity contribution is 5.89. The van der Waals surface area contributed by atoms with Gasteiger partial charge in [0.1, 0.15) is 37.1 Å². The molecule has 1 saturated heterocycles. The molecule has 0 aromatic rings. The second kappa shape index (κ2) is 20.8. The maximum Gasteiger partial charge on any atom is 0.332 e. The highest BCUT2D eigenvalue weighted by atomic mass is 16.6. The quantitative estimate of drug-likeness (QED) is 0.0803. The zero-order valence-electron chi connectivity index (χ0n) is 26.3. The maximum atomic E-state index is 12.8. The van der Waals surface area contributed by atoms with Crippen molar-refractivity contribution in [2.75, 3.05) is 26.9 Å². The lowest BCUT2D eigenvalue weighted by atomic mass is 9.94. The van der Waals surface area contributed by atoms with Gasteiger partial charge in [-0.05, 0) is 24.7 Å². The van der Waals surface area contributed by atoms with Crippen molar-refractivity contribution in [3.05, 3.63) is 12.2 Å². The molecule has 42 heavy (non-hydrogen) atoms. The number of unbranched alkanes of at least 4 members (excludes halogenated alkanes) is 8. The van der Waals surface area contributed by atoms with E-state index in [1.165, 1.54) is 58.1 Å². The average Bonchev–Trinajstić information content (AvgIpc) is 3.10. The summed E-state index contributed by atoms with van der Waals surface area (Å²) in [6, 6.07) is -0.961. The van der Waals surface area contributed by atoms with Crippen LogP contribution in [0.1, 0.15) is 98.3 Å². The summed E-state index contributed by atoms with van der Waals surface area (Å²) in [6.45, 7) is 8.35. The summed E-state index contributed by atoms with van der Waals surface area (Å²) >= 11 is 0. The van der Waals surface area contributed by atoms with E-state index < -0.39 is 54.3 Å². The molecule has 6 atom stereocenters. The first-order valence-corrected chi connectivity index (χ1v) is 15.5. The standard InChI is InChI=1S/C31H56N2O9/c1-6-7-8-9-10-11-12-13-14-19-41-21-25(35)42-22-15-16-23(29(38)32-20-22)33-30(39)28(40-5)27(37)26(36)24(34)17-18-31(2,3)4/h17-18,22-24,26-28,34,36-37H,6-16,19-21H2,1-5H3,(H,32,38)(H,33,39)/t22-,23+,24-,26+,27-,28-/m1/s1. The first-order valence-electron chi connectivity index (χ1n) is 15.5. The molecular weight excluding hydrogens is 544 g/mol. The summed E-state index contributed by atoms with van der Waals surface area (Å²) in [5.74, 6) is -1.80. The fraction of sp³-hybridized carbons (Fsp3) is 0.839. The Morgan fingerprint density at radius 2 is 1.62 bits per heavy atom. The van der Waals surface area contributed by atoms with Crippen molar-refractivity contribution in [2.24, 2.45) is 5.41 Å². The van der Waals surface area contributed by atoms with E-state index in [-0.39, 0.29) is 25.0 Å². The topological polar surface area (TPSA) is 164 Å². The van der Waals surface area contributed by atoms with E-state index in [1.54, 1.807) is 6.08 Å². The molecule has 1 fully saturated rings. The molecule has 1 aliphatic heterocycles. The van der Waals surface area contributed by atoms with E-state index in [4.69, 9.17) is 14.2 Å². The lowest BCUT2D eigenvalue weighted by Crippen LogP contribution is -2.55. The number of hydrogen-bond acceptors (Lipinski definition) is 9. The minimum atomic E-state index is -1.76. The van der Waals surface area contributed by atoms with Gasteiger partial charge in [0.25, 0.3) is 5.91 Å². The largest absolute Gasteiger partial charge is 0.459 e. The fourth-order valence-corrected chi connectivity index (χ4v) is 4.59. The summed E-state index contributed by atoms with van der Waals surface area (Å²) in [6.07, 6.45) is 7.32. The Kier molecular flexibility index (Phi) is 18.8. The van der Waals surface area contributed by atoms with Gasteiger partial charge in [0.15, 0.2) is 6.10 Å². The Balaban J connectivity index is 2.41. The second-order valence-electron chi connectivity index (χ2n) is 12.2. The molecule has 0 aromatic heterocycles. The van der Waals surface area contributed by atoms with Crippen LogP contribution in [0.4, 0.5) is 0 Å². The van der Waals surface area contributed by atoms with Crippen molar-refractivity contribution in [3.63, 3.8) is 0 Å². The molecule has 0 radical (unpaired) electrons. The predicted octanol–water partition coefficient (Wildman–Crippen LogP) is 2.54. The van der Waals surface area contributed by atoms with E-state index in [2.05, 4.69) is 17.6 Å². The van der Waals surface area contributed by atoms with Gasteiger partial charge < -0.3 is 40.2 Å². The van der Waals surface area contributed by atoms with Gasteiger partial charge in [-0.1, -0.05) is 91.2 Å². The SMILES string of the molecule is CCCCCCCCCCCOCC(=O)O[C@@H]1CC[C@H](NC(=O)[C@H](OC)[C@H](O)[C@@H](O)[C@H](O)C=CC(C)(C)C)C(=O)NC1. The number of allylic oxidation sites excluding steroid dienone is 1. The van der Waals surface area contributed by atoms with Gasteiger partial charge >= 0.3 is 5.97 Å². The van der Waals surface area contributed by atoms with E-state index in [0.717, 1.165) is 12.8 Å². The minimum Gasteiger partial charge on any atom is -0.459 e. The van der Waals surface area contributed by atoms with Crippen LogP contribution in [0.25, 0.3) is 0 Å². The first kappa shape index (κ1) is 38.0. The fourth-order valence-electron chi connectivity index (χ4n) is 4.59. The normalized spacial score (nSPS) is 20.8. The molecule has 11 nitrogen and oxygen atoms in total. The van der Waals surface area contributed by atoms with E-state index in [1.807, 2.05) is 20.8 Å². The number of rotatable bonds is 20. The van der Waals surface area contributed by atoms with Gasteiger partial charge in [-0.25, -0.2) is 4.79 Å². The maximum absolute atomic E-state index is 12.8. The van der Waals surface area contributed by atoms with Crippen molar-refractivity contribution in [2.45, 2.75) is 135 Å². The number of ether oxygens (including phenoxy) is 3. The third kappa shape index (κ3) is 16.0. The average molecular weight is 601 g/mol. The number of esters is 1. The number of amides is 2. The molecule has 0 saturated carbocycles. The molecule has 0 bridgehead atoms. The van der Waals surface area contributed by atoms with Gasteiger partial charge in [0.2, 0.25) is 5.91 Å². The number of aliphatic hydroxyl groups excluding tert-OH is 3. The molecule has 0 aromatic carbocycles. The number of carbonyl (C=O) groups is 3. The van der Waals surface area contributed by atoms with Crippen LogP contribution in [-0.4, -0.2) is 96.5 Å². The van der Waals surface area contributed by atoms with Crippen molar-refractivity contribution >= 4 is 17.8 Å². The zero-order chi connectivity index (χ0) is 31.5. The van der Waals surface area contributed by atoms with Crippen LogP contribution in [0.5, 0.6) is 0 Å². The number of methoxy groups -OCH3 is 1. The molecular formula is C31H56N2O9. The minimum absolute atomic E-state index is 0.0938. The number of carbonyl (C=O) groups excluding carboxylic acids is 3. The molecule has 0 spiro atoms. The van der Waals surface area contributed by atoms with Crippen LogP contribution in [0.3, 0.4) is 0 Å². The van der Waals surface area contributed by atoms with E-state index in [0.29, 0.717) is 13.0 Å². The highest BCUT2D eigenvalue weighted by Gasteiger charge is 2.37. The van der Waals surface area contributed by atoms with Crippen LogP contribution in [0, 0.1) is 5.41 Å². The molecule has 0 aliphatic carbocycles. The molecule has 5 N–H and O–H groups in total. The van der Waals surface area contributed by atoms with Gasteiger partial charge in [0.05, 0.1) is 6.54 Å². The van der Waals surface area contributed by atoms with Crippen LogP contribution < -0.4 is 10.6 Å². The summed E-state index contributed by atoms with van der Waals surface area (Å²) in [4.78, 5) is 37.6. The molecule has 1 heterocycles. The van der Waals surface area contributed by atoms with E-state index >= 15 is 0 Å². The number of nitrogens with one attached hydrogen (secondary N) is 2. The van der Waals surface area contributed by atoms with Gasteiger partial charge in [-0.3, -0.25) is 9.59 Å². The monoisotopic (exact) mass is 600 g/mol. The smallest absolute Gasteiger partial charge is 0.332 e. The molecule has 1 aliphatic rings. The Morgan fingerprint density at radius 3 is 2.21 bits per heavy atom. The Morgan fingerprint density at radius 1 is 1.00 bits per heavy atom. The van der Waals surface area contributed by atoms with Crippen LogP contribution in [-0.2, 0) is 28.6 Å². The summed E-state index contributed by atoms with van der Waals surface area (Å²) in [7, 11) is 1.18. The van der Waals surface area contributed by atoms with E-state index in [9.17, 15) is 29.7 Å². The molecule has 11 heteroatoms. The van der Waals surface area contributed by atoms with Crippen LogP contribution >= 0.6 is 0 Å². The van der Waals surface area contributed by atoms with Crippen molar-refractivity contribution in [1.82, 2.24) is 10.6 Å². The van der Waals surface area contributed by atoms with Crippen LogP contribution in [0.2, 0.25) is 0 Å². The summed E-state index contributed by atoms with van der Waals surface area (Å²) < 4.78 is 16.0. The lowest BCUT2D eigenvalue weighted by molar-refractivity contribution is -0.154. The lowest BCUT2D eigenvalue weighted by Gasteiger charge is -2.28. The molecule has 244 valence electrons. The van der Waals surface area contributed by atoms with Crippen molar-refractivity contribution < 1.29 is 43.9 Å². The Bertz CT molecular complexity index is 815. The van der Waals surface area contributed by atoms with Crippen molar-refractivity contribution in [3.8, 4) is 0 Å². The number of hydrogen-bond donors (Lipinski definition) is 5. The summed E-state index contributed by atoms with van der Waals surface area (Å²) in [5.41, 5.74) is -0.261. The third-order valence-electron chi connectivity index (χ3n) is 7.14. The number of aliphatic hydroxyl groups is 3. The van der Waals surface area contributed by atoms with Crippen molar-refractivity contribution in [1.29, 1.82) is 0 Å². The van der Waals surface area contributed by atoms with Gasteiger partial charge in [-0.15, -0.1) is 0 Å². The zero-order valence-corrected chi connectivity index (χ0v) is 26.3. The van der Waals surface area contributed by atoms with Gasteiger partial charge in [-0.2, -0.15) is 0 Å². The Hall–Kier alpha value is -2.05. The molecule has 0 unspecified atom stereocenters. The molecule has 1 rings (SSSR count). The highest BCUT2D eigenvalue weighted by Crippen LogP contribution is 2.17. The molecule has 2 amide bonds. The third-order valence-corrected chi connectivity index (χ3v) is 7.14. The predicted molar refractivity (Wildman–Crippen MR) is 160 cm³/mol. The first-order chi connectivity index (χ1) is 19.9. The Labute approximate surface area is 251 Å². The summed E-state index contributed by atoms with van der Waals surface area (Å²) in [5, 5.41) is 36.3. The van der Waals surface area contributed by atoms with Crippen LogP contribution in [0.15, 0.2) is 12.2 Å². The van der Waals surface area contributed by atoms with Gasteiger partial charge in [0, 0.05) is 13.7 Å². The second-order valence-corrected chi connectivity index (χ2v) is 12.2.